The van der Waals surface area contributed by atoms with E-state index < -0.39 is 6.16 Å². The Morgan fingerprint density at radius 3 is 1.93 bits per heavy atom. The van der Waals surface area contributed by atoms with Gasteiger partial charge in [0, 0.05) is 0 Å². The molecule has 0 N–H and O–H groups in total. The van der Waals surface area contributed by atoms with Crippen LogP contribution in [0.25, 0.3) is 0 Å². The molecule has 0 saturated carbocycles. The third-order valence-corrected chi connectivity index (χ3v) is 4.79. The van der Waals surface area contributed by atoms with Crippen molar-refractivity contribution in [1.29, 1.82) is 0 Å². The van der Waals surface area contributed by atoms with E-state index in [4.69, 9.17) is 9.47 Å². The molecule has 0 aromatic heterocycles. The van der Waals surface area contributed by atoms with Gasteiger partial charge >= 0.3 is 6.16 Å². The predicted molar refractivity (Wildman–Crippen MR) is 116 cm³/mol. The summed E-state index contributed by atoms with van der Waals surface area (Å²) in [7, 11) is 0. The average Bonchev–Trinajstić information content (AvgIpc) is 2.64. The van der Waals surface area contributed by atoms with Crippen LogP contribution in [0.5, 0.6) is 0 Å². The number of carbonyl (C=O) groups is 1. The van der Waals surface area contributed by atoms with E-state index in [1.807, 2.05) is 20.8 Å². The minimum absolute atomic E-state index is 0.0895. The summed E-state index contributed by atoms with van der Waals surface area (Å²) >= 11 is 0. The summed E-state index contributed by atoms with van der Waals surface area (Å²) in [6, 6.07) is 0. The lowest BCUT2D eigenvalue weighted by atomic mass is 10.1. The molecule has 0 saturated heterocycles. The van der Waals surface area contributed by atoms with Crippen molar-refractivity contribution in [3.63, 3.8) is 0 Å². The quantitative estimate of drug-likeness (QED) is 0.146. The lowest BCUT2D eigenvalue weighted by Gasteiger charge is -2.16. The Kier molecular flexibility index (Phi) is 18.6. The van der Waals surface area contributed by atoms with Crippen LogP contribution in [-0.2, 0) is 9.47 Å². The zero-order valence-electron chi connectivity index (χ0n) is 18.4. The Morgan fingerprint density at radius 1 is 0.778 bits per heavy atom. The molecule has 0 rings (SSSR count). The number of allylic oxidation sites excluding steroid dienone is 4. The van der Waals surface area contributed by atoms with E-state index in [2.05, 4.69) is 31.2 Å². The molecule has 158 valence electrons. The van der Waals surface area contributed by atoms with Gasteiger partial charge in [-0.15, -0.1) is 0 Å². The highest BCUT2D eigenvalue weighted by atomic mass is 16.7. The smallest absolute Gasteiger partial charge is 0.434 e. The highest BCUT2D eigenvalue weighted by Crippen LogP contribution is 2.09. The largest absolute Gasteiger partial charge is 0.508 e. The Labute approximate surface area is 168 Å². The molecule has 0 aliphatic heterocycles. The van der Waals surface area contributed by atoms with Crippen LogP contribution in [0, 0.1) is 5.92 Å². The van der Waals surface area contributed by atoms with Gasteiger partial charge in [0.2, 0.25) is 0 Å². The summed E-state index contributed by atoms with van der Waals surface area (Å²) in [5.41, 5.74) is 0. The third kappa shape index (κ3) is 19.3. The molecule has 0 amide bonds. The van der Waals surface area contributed by atoms with Gasteiger partial charge in [-0.1, -0.05) is 83.6 Å². The molecule has 1 unspecified atom stereocenters. The lowest BCUT2D eigenvalue weighted by Crippen LogP contribution is -2.21. The summed E-state index contributed by atoms with van der Waals surface area (Å²) in [5, 5.41) is 0. The van der Waals surface area contributed by atoms with E-state index in [1.54, 1.807) is 0 Å². The topological polar surface area (TPSA) is 35.5 Å². The summed E-state index contributed by atoms with van der Waals surface area (Å²) in [5.74, 6) is 0.319. The van der Waals surface area contributed by atoms with Crippen LogP contribution in [0.2, 0.25) is 0 Å². The van der Waals surface area contributed by atoms with E-state index in [0.717, 1.165) is 19.3 Å². The highest BCUT2D eigenvalue weighted by Gasteiger charge is 2.13. The molecule has 1 atom stereocenters. The number of rotatable bonds is 17. The molecule has 0 bridgehead atoms. The van der Waals surface area contributed by atoms with E-state index in [9.17, 15) is 4.79 Å². The maximum absolute atomic E-state index is 11.5. The van der Waals surface area contributed by atoms with Crippen LogP contribution in [-0.4, -0.2) is 18.9 Å². The summed E-state index contributed by atoms with van der Waals surface area (Å²) in [6.07, 6.45) is 23.1. The van der Waals surface area contributed by atoms with Crippen LogP contribution in [0.15, 0.2) is 24.3 Å². The molecule has 3 nitrogen and oxygen atoms in total. The summed E-state index contributed by atoms with van der Waals surface area (Å²) in [6.45, 7) is 8.67. The Hall–Kier alpha value is -1.25. The van der Waals surface area contributed by atoms with Gasteiger partial charge in [0.05, 0.1) is 6.61 Å². The van der Waals surface area contributed by atoms with E-state index in [1.165, 1.54) is 57.8 Å². The van der Waals surface area contributed by atoms with Crippen LogP contribution in [0.4, 0.5) is 4.79 Å². The fourth-order valence-corrected chi connectivity index (χ4v) is 2.57. The Bertz CT molecular complexity index is 385. The first-order valence-corrected chi connectivity index (χ1v) is 11.2. The van der Waals surface area contributed by atoms with E-state index in [0.29, 0.717) is 12.5 Å². The predicted octanol–water partition coefficient (Wildman–Crippen LogP) is 8.00. The number of ether oxygens (including phenoxy) is 2. The van der Waals surface area contributed by atoms with Gasteiger partial charge in [-0.2, -0.15) is 0 Å². The molecular formula is C24H44O3. The van der Waals surface area contributed by atoms with Crippen LogP contribution >= 0.6 is 0 Å². The second kappa shape index (κ2) is 19.5. The number of unbranched alkanes of at least 4 members (excludes halogenated alkanes) is 9. The maximum Gasteiger partial charge on any atom is 0.508 e. The Morgan fingerprint density at radius 2 is 1.33 bits per heavy atom. The molecule has 0 radical (unpaired) electrons. The monoisotopic (exact) mass is 380 g/mol. The first-order valence-electron chi connectivity index (χ1n) is 11.2. The minimum atomic E-state index is -0.529. The third-order valence-electron chi connectivity index (χ3n) is 4.79. The van der Waals surface area contributed by atoms with Gasteiger partial charge in [0.25, 0.3) is 0 Å². The molecule has 0 aromatic carbocycles. The van der Waals surface area contributed by atoms with Gasteiger partial charge in [-0.3, -0.25) is 0 Å². The number of hydrogen-bond acceptors (Lipinski definition) is 3. The lowest BCUT2D eigenvalue weighted by molar-refractivity contribution is 0.0140. The summed E-state index contributed by atoms with van der Waals surface area (Å²) in [4.78, 5) is 11.5. The van der Waals surface area contributed by atoms with Crippen molar-refractivity contribution in [2.24, 2.45) is 5.92 Å². The van der Waals surface area contributed by atoms with Gasteiger partial charge in [-0.25, -0.2) is 4.79 Å². The molecule has 0 heterocycles. The SMILES string of the molecule is CCCCC/C=C/C/C=C\CCCCCCCCOC(=O)OC(C)C(C)C. The van der Waals surface area contributed by atoms with Crippen molar-refractivity contribution >= 4 is 6.16 Å². The van der Waals surface area contributed by atoms with Crippen molar-refractivity contribution in [2.45, 2.75) is 111 Å². The second-order valence-electron chi connectivity index (χ2n) is 7.75. The second-order valence-corrected chi connectivity index (χ2v) is 7.75. The maximum atomic E-state index is 11.5. The van der Waals surface area contributed by atoms with Crippen molar-refractivity contribution in [3.05, 3.63) is 24.3 Å². The minimum Gasteiger partial charge on any atom is -0.434 e. The zero-order valence-corrected chi connectivity index (χ0v) is 18.4. The van der Waals surface area contributed by atoms with Crippen molar-refractivity contribution in [1.82, 2.24) is 0 Å². The van der Waals surface area contributed by atoms with E-state index >= 15 is 0 Å². The Balaban J connectivity index is 3.31. The first-order chi connectivity index (χ1) is 13.1. The molecule has 0 spiro atoms. The molecule has 0 fully saturated rings. The van der Waals surface area contributed by atoms with E-state index in [-0.39, 0.29) is 6.10 Å². The fraction of sp³-hybridized carbons (Fsp3) is 0.792. The standard InChI is InChI=1S/C24H44O3/c1-5-6-7-8-9-10-11-12-13-14-15-16-17-18-19-20-21-26-24(25)27-23(4)22(2)3/h9-10,12-13,22-23H,5-8,11,14-21H2,1-4H3/b10-9+,13-12-. The van der Waals surface area contributed by atoms with Gasteiger partial charge in [0.1, 0.15) is 6.10 Å². The average molecular weight is 381 g/mol. The first kappa shape index (κ1) is 25.8. The fourth-order valence-electron chi connectivity index (χ4n) is 2.57. The van der Waals surface area contributed by atoms with Gasteiger partial charge in [-0.05, 0) is 51.4 Å². The summed E-state index contributed by atoms with van der Waals surface area (Å²) < 4.78 is 10.3. The molecule has 0 aliphatic carbocycles. The normalized spacial score (nSPS) is 12.9. The number of hydrogen-bond donors (Lipinski definition) is 0. The van der Waals surface area contributed by atoms with Gasteiger partial charge in [0.15, 0.2) is 0 Å². The van der Waals surface area contributed by atoms with Crippen molar-refractivity contribution in [2.75, 3.05) is 6.61 Å². The van der Waals surface area contributed by atoms with Crippen LogP contribution in [0.3, 0.4) is 0 Å². The highest BCUT2D eigenvalue weighted by molar-refractivity contribution is 5.60. The molecule has 27 heavy (non-hydrogen) atoms. The van der Waals surface area contributed by atoms with Crippen molar-refractivity contribution in [3.8, 4) is 0 Å². The molecule has 0 aliphatic rings. The van der Waals surface area contributed by atoms with Crippen molar-refractivity contribution < 1.29 is 14.3 Å². The van der Waals surface area contributed by atoms with Gasteiger partial charge < -0.3 is 9.47 Å². The molecule has 0 aromatic rings. The van der Waals surface area contributed by atoms with Crippen LogP contribution < -0.4 is 0 Å². The number of carbonyl (C=O) groups excluding carboxylic acids is 1. The molecular weight excluding hydrogens is 336 g/mol. The molecule has 3 heteroatoms. The van der Waals surface area contributed by atoms with Crippen LogP contribution in [0.1, 0.15) is 105 Å². The zero-order chi connectivity index (χ0) is 20.2.